The summed E-state index contributed by atoms with van der Waals surface area (Å²) in [5.74, 6) is -0.704. The highest BCUT2D eigenvalue weighted by Gasteiger charge is 2.51. The maximum Gasteiger partial charge on any atom is 0.252 e. The smallest absolute Gasteiger partial charge is 0.252 e. The Morgan fingerprint density at radius 3 is 2.31 bits per heavy atom. The molecule has 0 radical (unpaired) electrons. The lowest BCUT2D eigenvalue weighted by Gasteiger charge is -2.45. The molecule has 3 rings (SSSR count). The molecule has 0 N–H and O–H groups in total. The van der Waals surface area contributed by atoms with Crippen molar-refractivity contribution in [1.82, 2.24) is 0 Å². The van der Waals surface area contributed by atoms with E-state index in [4.69, 9.17) is 4.43 Å². The van der Waals surface area contributed by atoms with Gasteiger partial charge in [-0.05, 0) is 104 Å². The molecule has 3 saturated carbocycles. The Hall–Kier alpha value is -0.743. The lowest BCUT2D eigenvalue weighted by molar-refractivity contribution is -0.108. The molecule has 1 nitrogen and oxygen atoms in total. The van der Waals surface area contributed by atoms with Crippen LogP contribution in [0.3, 0.4) is 0 Å². The topological polar surface area (TPSA) is 9.23 Å². The Morgan fingerprint density at radius 2 is 1.72 bits per heavy atom. The van der Waals surface area contributed by atoms with E-state index in [-0.39, 0.29) is 23.0 Å². The van der Waals surface area contributed by atoms with Crippen molar-refractivity contribution in [2.24, 2.45) is 34.5 Å². The van der Waals surface area contributed by atoms with E-state index in [1.165, 1.54) is 43.3 Å². The molecule has 0 amide bonds. The van der Waals surface area contributed by atoms with Crippen molar-refractivity contribution in [3.63, 3.8) is 0 Å². The first-order valence-electron chi connectivity index (χ1n) is 15.8. The molecule has 224 valence electrons. The van der Waals surface area contributed by atoms with Crippen molar-refractivity contribution in [3.05, 3.63) is 35.5 Å². The van der Waals surface area contributed by atoms with Crippen molar-refractivity contribution >= 4 is 8.32 Å². The molecule has 0 spiro atoms. The zero-order chi connectivity index (χ0) is 29.6. The van der Waals surface area contributed by atoms with Crippen molar-refractivity contribution in [1.29, 1.82) is 0 Å². The van der Waals surface area contributed by atoms with Gasteiger partial charge in [-0.3, -0.25) is 0 Å². The van der Waals surface area contributed by atoms with Gasteiger partial charge in [-0.1, -0.05) is 92.2 Å². The van der Waals surface area contributed by atoms with Crippen molar-refractivity contribution in [2.75, 3.05) is 0 Å². The predicted molar refractivity (Wildman–Crippen MR) is 167 cm³/mol. The standard InChI is InChI=1S/C35H60F2OSi/c1-24(19-21-35(36,37)32(4,5)6)29-17-18-30-28(14-13-20-34(29,30)10)16-15-27-22-25(2)26(3)31(23-27)38-39(11,12)33(7,8)9/h15-16,24-25,29-31H,3,13-14,17-23H2,1-2,4-12H3/b27-15-,28-16+/t24?,25-,29?,30?,31-,34-/m1/s1. The monoisotopic (exact) mass is 562 g/mol. The van der Waals surface area contributed by atoms with Crippen molar-refractivity contribution < 1.29 is 13.2 Å². The molecule has 0 saturated heterocycles. The molecule has 0 aliphatic heterocycles. The summed E-state index contributed by atoms with van der Waals surface area (Å²) in [6.45, 7) is 28.1. The van der Waals surface area contributed by atoms with Crippen LogP contribution >= 0.6 is 0 Å². The summed E-state index contributed by atoms with van der Waals surface area (Å²) in [5, 5.41) is 0.186. The van der Waals surface area contributed by atoms with Crippen LogP contribution in [0.4, 0.5) is 8.78 Å². The molecule has 0 aromatic heterocycles. The molecule has 6 atom stereocenters. The molecule has 3 unspecified atom stereocenters. The molecule has 4 heteroatoms. The van der Waals surface area contributed by atoms with Crippen LogP contribution in [0.2, 0.25) is 18.1 Å². The fourth-order valence-corrected chi connectivity index (χ4v) is 8.80. The van der Waals surface area contributed by atoms with Gasteiger partial charge in [-0.2, -0.15) is 0 Å². The third-order valence-electron chi connectivity index (χ3n) is 11.6. The lowest BCUT2D eigenvalue weighted by Crippen LogP contribution is -2.45. The summed E-state index contributed by atoms with van der Waals surface area (Å²) in [4.78, 5) is 0. The fraction of sp³-hybridized carbons (Fsp3) is 0.829. The number of rotatable bonds is 7. The SMILES string of the molecule is C=C1[C@H](C)C/C(=C/C=C2\CCC[C@@]3(C)C2CCC3C(C)CCC(F)(F)C(C)(C)C)C[C@H]1O[Si](C)(C)C(C)(C)C. The summed E-state index contributed by atoms with van der Waals surface area (Å²) in [5.41, 5.74) is 3.62. The number of alkyl halides is 2. The Kier molecular flexibility index (Phi) is 9.66. The van der Waals surface area contributed by atoms with Crippen LogP contribution in [0.25, 0.3) is 0 Å². The van der Waals surface area contributed by atoms with Gasteiger partial charge in [0.15, 0.2) is 8.32 Å². The zero-order valence-electron chi connectivity index (χ0n) is 27.3. The van der Waals surface area contributed by atoms with Crippen LogP contribution in [0.1, 0.15) is 120 Å². The summed E-state index contributed by atoms with van der Waals surface area (Å²) in [6, 6.07) is 0. The average Bonchev–Trinajstić information content (AvgIpc) is 3.15. The van der Waals surface area contributed by atoms with Gasteiger partial charge < -0.3 is 4.43 Å². The van der Waals surface area contributed by atoms with Gasteiger partial charge in [0.1, 0.15) is 0 Å². The number of hydrogen-bond donors (Lipinski definition) is 0. The van der Waals surface area contributed by atoms with E-state index in [1.807, 2.05) is 0 Å². The number of halogens is 2. The minimum Gasteiger partial charge on any atom is -0.410 e. The van der Waals surface area contributed by atoms with Gasteiger partial charge in [0.25, 0.3) is 5.92 Å². The molecule has 0 heterocycles. The minimum absolute atomic E-state index is 0.00526. The van der Waals surface area contributed by atoms with Crippen LogP contribution in [-0.2, 0) is 4.43 Å². The molecule has 3 aliphatic rings. The van der Waals surface area contributed by atoms with E-state index in [9.17, 15) is 8.78 Å². The van der Waals surface area contributed by atoms with Crippen LogP contribution in [-0.4, -0.2) is 20.3 Å². The lowest BCUT2D eigenvalue weighted by atomic mass is 9.60. The summed E-state index contributed by atoms with van der Waals surface area (Å²) in [7, 11) is -1.87. The highest BCUT2D eigenvalue weighted by atomic mass is 28.4. The molecule has 0 aromatic rings. The molecule has 0 aromatic carbocycles. The third kappa shape index (κ3) is 7.01. The van der Waals surface area contributed by atoms with E-state index in [1.54, 1.807) is 26.3 Å². The maximum absolute atomic E-state index is 14.7. The van der Waals surface area contributed by atoms with E-state index < -0.39 is 19.7 Å². The van der Waals surface area contributed by atoms with E-state index in [0.717, 1.165) is 12.8 Å². The van der Waals surface area contributed by atoms with Crippen molar-refractivity contribution in [2.45, 2.75) is 150 Å². The number of hydrogen-bond acceptors (Lipinski definition) is 1. The molecule has 3 aliphatic carbocycles. The Morgan fingerprint density at radius 1 is 1.08 bits per heavy atom. The Bertz CT molecular complexity index is 947. The van der Waals surface area contributed by atoms with Gasteiger partial charge in [0, 0.05) is 11.8 Å². The molecular formula is C35H60F2OSi. The van der Waals surface area contributed by atoms with Crippen molar-refractivity contribution in [3.8, 4) is 0 Å². The number of fused-ring (bicyclic) bond motifs is 1. The van der Waals surface area contributed by atoms with Crippen LogP contribution in [0, 0.1) is 34.5 Å². The molecule has 0 bridgehead atoms. The van der Waals surface area contributed by atoms with E-state index in [2.05, 4.69) is 73.4 Å². The summed E-state index contributed by atoms with van der Waals surface area (Å²) >= 11 is 0. The predicted octanol–water partition coefficient (Wildman–Crippen LogP) is 11.5. The van der Waals surface area contributed by atoms with E-state index >= 15 is 0 Å². The number of allylic oxidation sites excluding steroid dienone is 3. The van der Waals surface area contributed by atoms with Crippen LogP contribution < -0.4 is 0 Å². The third-order valence-corrected chi connectivity index (χ3v) is 16.1. The molecule has 39 heavy (non-hydrogen) atoms. The summed E-state index contributed by atoms with van der Waals surface area (Å²) in [6.07, 6.45) is 13.7. The van der Waals surface area contributed by atoms with Gasteiger partial charge in [0.2, 0.25) is 0 Å². The Balaban J connectivity index is 1.73. The maximum atomic E-state index is 14.7. The quantitative estimate of drug-likeness (QED) is 0.221. The Labute approximate surface area is 241 Å². The highest BCUT2D eigenvalue weighted by molar-refractivity contribution is 6.74. The first-order chi connectivity index (χ1) is 17.7. The first kappa shape index (κ1) is 32.8. The second-order valence-corrected chi connectivity index (χ2v) is 21.1. The molecule has 3 fully saturated rings. The van der Waals surface area contributed by atoms with Gasteiger partial charge >= 0.3 is 0 Å². The average molecular weight is 563 g/mol. The van der Waals surface area contributed by atoms with Crippen LogP contribution in [0.5, 0.6) is 0 Å². The summed E-state index contributed by atoms with van der Waals surface area (Å²) < 4.78 is 36.4. The second kappa shape index (κ2) is 11.5. The zero-order valence-corrected chi connectivity index (χ0v) is 28.3. The highest BCUT2D eigenvalue weighted by Crippen LogP contribution is 2.60. The molecular weight excluding hydrogens is 502 g/mol. The minimum atomic E-state index is -2.61. The second-order valence-electron chi connectivity index (χ2n) is 16.4. The normalized spacial score (nSPS) is 34.0. The van der Waals surface area contributed by atoms with Gasteiger partial charge in [-0.15, -0.1) is 0 Å². The fourth-order valence-electron chi connectivity index (χ4n) is 7.50. The van der Waals surface area contributed by atoms with E-state index in [0.29, 0.717) is 30.1 Å². The van der Waals surface area contributed by atoms with Gasteiger partial charge in [0.05, 0.1) is 6.10 Å². The van der Waals surface area contributed by atoms with Gasteiger partial charge in [-0.25, -0.2) is 8.78 Å². The first-order valence-corrected chi connectivity index (χ1v) is 18.7. The largest absolute Gasteiger partial charge is 0.410 e. The van der Waals surface area contributed by atoms with Crippen LogP contribution in [0.15, 0.2) is 35.5 Å².